The van der Waals surface area contributed by atoms with Gasteiger partial charge in [-0.3, -0.25) is 9.59 Å². The van der Waals surface area contributed by atoms with E-state index in [0.717, 1.165) is 50.5 Å². The fourth-order valence-electron chi connectivity index (χ4n) is 6.36. The first-order chi connectivity index (χ1) is 20.8. The summed E-state index contributed by atoms with van der Waals surface area (Å²) in [6.45, 7) is 1.89. The first-order valence-corrected chi connectivity index (χ1v) is 15.5. The molecule has 0 bridgehead atoms. The normalized spacial score (nSPS) is 31.1. The third-order valence-corrected chi connectivity index (χ3v) is 9.02. The van der Waals surface area contributed by atoms with E-state index in [0.29, 0.717) is 25.0 Å². The van der Waals surface area contributed by atoms with E-state index in [4.69, 9.17) is 9.57 Å². The molecule has 2 saturated carbocycles. The van der Waals surface area contributed by atoms with Crippen molar-refractivity contribution in [1.82, 2.24) is 15.5 Å². The standard InChI is InChI=1S/C32H42N4O7/c1-21(22-12-6-5-7-13-22)35-43-25-18-27-28(37)34-32(30(39)40)19-23(32)14-8-3-2-4-9-17-26(29(38)36(27)20-25)33-31(41)42-24-15-10-11-16-24/h5-8,12-14,23-27H,2-4,9-11,15-20H2,1H3,(H,33,41)(H,34,37)(H,39,40)/b14-8-,35-21+/t23-,25+,26+,27-,32-/m0/s1. The van der Waals surface area contributed by atoms with Gasteiger partial charge in [0.1, 0.15) is 29.8 Å². The maximum absolute atomic E-state index is 14.0. The summed E-state index contributed by atoms with van der Waals surface area (Å²) in [5, 5.41) is 19.8. The Morgan fingerprint density at radius 1 is 1.05 bits per heavy atom. The molecule has 3 N–H and O–H groups in total. The fraction of sp³-hybridized carbons (Fsp3) is 0.594. The van der Waals surface area contributed by atoms with Crippen LogP contribution in [0.5, 0.6) is 0 Å². The number of alkyl carbamates (subject to hydrolysis) is 1. The summed E-state index contributed by atoms with van der Waals surface area (Å²) in [6.07, 6.45) is 10.1. The lowest BCUT2D eigenvalue weighted by Crippen LogP contribution is -2.56. The summed E-state index contributed by atoms with van der Waals surface area (Å²) in [5.41, 5.74) is 0.129. The lowest BCUT2D eigenvalue weighted by molar-refractivity contribution is -0.145. The second kappa shape index (κ2) is 13.6. The van der Waals surface area contributed by atoms with Crippen molar-refractivity contribution in [3.63, 3.8) is 0 Å². The molecule has 43 heavy (non-hydrogen) atoms. The van der Waals surface area contributed by atoms with Gasteiger partial charge in [-0.05, 0) is 63.9 Å². The SMILES string of the molecule is C/C(=N\O[C@@H]1C[C@H]2C(=O)N[C@@]3(C(=O)O)C[C@@H]3/C=C\CCCCC[C@@H](NC(=O)OC3CCCC3)C(=O)N2C1)c1ccccc1. The van der Waals surface area contributed by atoms with E-state index >= 15 is 0 Å². The molecule has 232 valence electrons. The van der Waals surface area contributed by atoms with Crippen LogP contribution in [-0.2, 0) is 24.0 Å². The van der Waals surface area contributed by atoms with Crippen molar-refractivity contribution < 1.29 is 33.9 Å². The van der Waals surface area contributed by atoms with Crippen molar-refractivity contribution in [2.75, 3.05) is 6.54 Å². The molecule has 1 saturated heterocycles. The summed E-state index contributed by atoms with van der Waals surface area (Å²) in [7, 11) is 0. The molecule has 5 rings (SSSR count). The first kappa shape index (κ1) is 30.6. The van der Waals surface area contributed by atoms with E-state index in [1.54, 1.807) is 0 Å². The summed E-state index contributed by atoms with van der Waals surface area (Å²) >= 11 is 0. The number of carboxylic acids is 1. The second-order valence-electron chi connectivity index (χ2n) is 12.2. The van der Waals surface area contributed by atoms with Crippen LogP contribution in [0.4, 0.5) is 4.79 Å². The molecule has 0 aromatic heterocycles. The number of carbonyl (C=O) groups excluding carboxylic acids is 3. The number of aliphatic carboxylic acids is 1. The van der Waals surface area contributed by atoms with Gasteiger partial charge < -0.3 is 30.2 Å². The van der Waals surface area contributed by atoms with Crippen molar-refractivity contribution in [3.8, 4) is 0 Å². The number of amides is 3. The molecule has 3 fully saturated rings. The zero-order chi connectivity index (χ0) is 30.4. The van der Waals surface area contributed by atoms with Gasteiger partial charge in [0.25, 0.3) is 0 Å². The number of nitrogens with zero attached hydrogens (tertiary/aromatic N) is 2. The third-order valence-electron chi connectivity index (χ3n) is 9.02. The third kappa shape index (κ3) is 7.37. The number of hydrogen-bond donors (Lipinski definition) is 3. The number of benzene rings is 1. The van der Waals surface area contributed by atoms with Crippen molar-refractivity contribution >= 4 is 29.6 Å². The topological polar surface area (TPSA) is 147 Å². The highest BCUT2D eigenvalue weighted by atomic mass is 16.6. The van der Waals surface area contributed by atoms with Crippen LogP contribution in [0.3, 0.4) is 0 Å². The van der Waals surface area contributed by atoms with Crippen LogP contribution < -0.4 is 10.6 Å². The highest BCUT2D eigenvalue weighted by Gasteiger charge is 2.61. The van der Waals surface area contributed by atoms with E-state index in [1.165, 1.54) is 4.90 Å². The number of carbonyl (C=O) groups is 4. The predicted octanol–water partition coefficient (Wildman–Crippen LogP) is 3.91. The van der Waals surface area contributed by atoms with Crippen LogP contribution in [0.2, 0.25) is 0 Å². The van der Waals surface area contributed by atoms with Crippen LogP contribution in [0, 0.1) is 5.92 Å². The van der Waals surface area contributed by atoms with Gasteiger partial charge >= 0.3 is 12.1 Å². The second-order valence-corrected chi connectivity index (χ2v) is 12.2. The number of oxime groups is 1. The highest BCUT2D eigenvalue weighted by molar-refractivity contribution is 5.98. The Labute approximate surface area is 252 Å². The molecule has 5 atom stereocenters. The van der Waals surface area contributed by atoms with Crippen molar-refractivity contribution in [2.24, 2.45) is 11.1 Å². The Hall–Kier alpha value is -3.89. The first-order valence-electron chi connectivity index (χ1n) is 15.5. The number of allylic oxidation sites excluding steroid dienone is 1. The monoisotopic (exact) mass is 594 g/mol. The molecule has 2 aliphatic heterocycles. The van der Waals surface area contributed by atoms with Crippen LogP contribution in [0.1, 0.15) is 83.1 Å². The van der Waals surface area contributed by atoms with E-state index in [2.05, 4.69) is 15.8 Å². The minimum atomic E-state index is -1.40. The Kier molecular flexibility index (Phi) is 9.67. The van der Waals surface area contributed by atoms with Crippen LogP contribution >= 0.6 is 0 Å². The average molecular weight is 595 g/mol. The Morgan fingerprint density at radius 2 is 1.79 bits per heavy atom. The summed E-state index contributed by atoms with van der Waals surface area (Å²) in [5.74, 6) is -2.37. The quantitative estimate of drug-likeness (QED) is 0.257. The predicted molar refractivity (Wildman–Crippen MR) is 158 cm³/mol. The maximum atomic E-state index is 14.0. The molecule has 2 aliphatic carbocycles. The molecule has 2 heterocycles. The zero-order valence-corrected chi connectivity index (χ0v) is 24.7. The van der Waals surface area contributed by atoms with Crippen LogP contribution in [0.25, 0.3) is 0 Å². The number of carboxylic acid groups (broad SMARTS) is 1. The van der Waals surface area contributed by atoms with Gasteiger partial charge in [-0.25, -0.2) is 9.59 Å². The van der Waals surface area contributed by atoms with Gasteiger partial charge in [-0.1, -0.05) is 60.5 Å². The fourth-order valence-corrected chi connectivity index (χ4v) is 6.36. The van der Waals surface area contributed by atoms with Crippen LogP contribution in [-0.4, -0.2) is 76.0 Å². The minimum absolute atomic E-state index is 0.0712. The smallest absolute Gasteiger partial charge is 0.408 e. The average Bonchev–Trinajstić information content (AvgIpc) is 3.29. The number of hydrogen-bond acceptors (Lipinski definition) is 7. The molecule has 3 amide bonds. The largest absolute Gasteiger partial charge is 0.479 e. The van der Waals surface area contributed by atoms with E-state index in [-0.39, 0.29) is 25.0 Å². The Balaban J connectivity index is 1.37. The molecule has 0 radical (unpaired) electrons. The number of rotatable bonds is 6. The van der Waals surface area contributed by atoms with E-state index < -0.39 is 47.6 Å². The minimum Gasteiger partial charge on any atom is -0.479 e. The lowest BCUT2D eigenvalue weighted by atomic mass is 10.0. The molecule has 0 unspecified atom stereocenters. The number of nitrogens with one attached hydrogen (secondary N) is 2. The zero-order valence-electron chi connectivity index (χ0n) is 24.7. The van der Waals surface area contributed by atoms with Gasteiger partial charge in [0.15, 0.2) is 0 Å². The van der Waals surface area contributed by atoms with Crippen LogP contribution in [0.15, 0.2) is 47.6 Å². The lowest BCUT2D eigenvalue weighted by Gasteiger charge is -2.29. The molecule has 4 aliphatic rings. The van der Waals surface area contributed by atoms with E-state index in [9.17, 15) is 24.3 Å². The van der Waals surface area contributed by atoms with Gasteiger partial charge in [0.05, 0.1) is 12.3 Å². The van der Waals surface area contributed by atoms with Gasteiger partial charge in [-0.2, -0.15) is 0 Å². The van der Waals surface area contributed by atoms with Crippen molar-refractivity contribution in [3.05, 3.63) is 48.0 Å². The van der Waals surface area contributed by atoms with Gasteiger partial charge in [0.2, 0.25) is 11.8 Å². The molecule has 1 aromatic carbocycles. The number of ether oxygens (including phenoxy) is 1. The summed E-state index contributed by atoms with van der Waals surface area (Å²) < 4.78 is 5.59. The molecule has 1 aromatic rings. The van der Waals surface area contributed by atoms with Gasteiger partial charge in [0, 0.05) is 12.3 Å². The molecule has 11 nitrogen and oxygen atoms in total. The Bertz CT molecular complexity index is 1250. The van der Waals surface area contributed by atoms with E-state index in [1.807, 2.05) is 49.4 Å². The molecular weight excluding hydrogens is 552 g/mol. The maximum Gasteiger partial charge on any atom is 0.408 e. The van der Waals surface area contributed by atoms with Crippen molar-refractivity contribution in [2.45, 2.75) is 107 Å². The highest BCUT2D eigenvalue weighted by Crippen LogP contribution is 2.45. The molecular formula is C32H42N4O7. The van der Waals surface area contributed by atoms with Crippen molar-refractivity contribution in [1.29, 1.82) is 0 Å². The van der Waals surface area contributed by atoms with Gasteiger partial charge in [-0.15, -0.1) is 0 Å². The molecule has 11 heteroatoms. The summed E-state index contributed by atoms with van der Waals surface area (Å²) in [6, 6.07) is 7.64. The molecule has 0 spiro atoms. The summed E-state index contributed by atoms with van der Waals surface area (Å²) in [4.78, 5) is 60.1. The number of fused-ring (bicyclic) bond motifs is 2. The Morgan fingerprint density at radius 3 is 2.53 bits per heavy atom.